The zero-order valence-electron chi connectivity index (χ0n) is 16.9. The Balaban J connectivity index is 1.81. The Morgan fingerprint density at radius 3 is 2.48 bits per heavy atom. The average molecular weight is 371 g/mol. The minimum absolute atomic E-state index is 0.260. The summed E-state index contributed by atoms with van der Waals surface area (Å²) >= 11 is 0. The largest absolute Gasteiger partial charge is 0.524 e. The van der Waals surface area contributed by atoms with Gasteiger partial charge in [0, 0.05) is 23.7 Å². The molecule has 144 valence electrons. The number of nitrogens with zero attached hydrogens (tertiary/aromatic N) is 3. The van der Waals surface area contributed by atoms with Crippen LogP contribution in [0.25, 0.3) is 11.3 Å². The lowest BCUT2D eigenvalue weighted by atomic mass is 9.88. The number of allylic oxidation sites excluding steroid dienone is 1. The number of halogens is 1. The molecule has 1 saturated heterocycles. The summed E-state index contributed by atoms with van der Waals surface area (Å²) in [6.45, 7) is 12.1. The van der Waals surface area contributed by atoms with Gasteiger partial charge in [-0.25, -0.2) is 4.39 Å². The van der Waals surface area contributed by atoms with Crippen LogP contribution in [0.3, 0.4) is 0 Å². The molecule has 0 N–H and O–H groups in total. The topological polar surface area (TPSA) is 49.2 Å². The second-order valence-corrected chi connectivity index (χ2v) is 8.21. The second kappa shape index (κ2) is 7.21. The van der Waals surface area contributed by atoms with Crippen LogP contribution in [0.4, 0.5) is 4.39 Å². The summed E-state index contributed by atoms with van der Waals surface area (Å²) in [7, 11) is -0.981. The van der Waals surface area contributed by atoms with Crippen LogP contribution in [0.5, 0.6) is 0 Å². The number of hydrogen-bond donors (Lipinski definition) is 0. The van der Waals surface area contributed by atoms with Crippen LogP contribution in [0, 0.1) is 0 Å². The molecular weight excluding hydrogens is 344 g/mol. The smallest absolute Gasteiger partial charge is 0.398 e. The van der Waals surface area contributed by atoms with Crippen molar-refractivity contribution < 1.29 is 13.7 Å². The molecule has 7 heteroatoms. The van der Waals surface area contributed by atoms with E-state index < -0.39 is 24.0 Å². The normalized spacial score (nSPS) is 19.1. The maximum atomic E-state index is 14.7. The molecule has 3 heterocycles. The van der Waals surface area contributed by atoms with E-state index in [1.54, 1.807) is 12.4 Å². The van der Waals surface area contributed by atoms with Gasteiger partial charge < -0.3 is 9.31 Å². The maximum absolute atomic E-state index is 14.7. The van der Waals surface area contributed by atoms with E-state index >= 15 is 0 Å². The zero-order valence-corrected chi connectivity index (χ0v) is 16.9. The SMILES string of the molecule is CC(C)c1cc(-c2cccnc2)nn1CC=C(F)B1OC(C)(C)C(C)(C)O1. The van der Waals surface area contributed by atoms with Gasteiger partial charge in [0.15, 0.2) is 0 Å². The molecule has 0 saturated carbocycles. The fraction of sp³-hybridized carbons (Fsp3) is 0.500. The van der Waals surface area contributed by atoms with E-state index in [1.165, 1.54) is 6.08 Å². The molecule has 0 bridgehead atoms. The lowest BCUT2D eigenvalue weighted by Crippen LogP contribution is -2.41. The molecule has 0 atom stereocenters. The van der Waals surface area contributed by atoms with E-state index in [1.807, 2.05) is 50.6 Å². The molecule has 5 nitrogen and oxygen atoms in total. The van der Waals surface area contributed by atoms with Crippen LogP contribution in [-0.2, 0) is 15.9 Å². The van der Waals surface area contributed by atoms with Gasteiger partial charge in [-0.1, -0.05) is 13.8 Å². The summed E-state index contributed by atoms with van der Waals surface area (Å²) in [5, 5.41) is 4.64. The first-order valence-corrected chi connectivity index (χ1v) is 9.30. The Hall–Kier alpha value is -1.99. The summed E-state index contributed by atoms with van der Waals surface area (Å²) in [4.78, 5) is 4.14. The van der Waals surface area contributed by atoms with Crippen molar-refractivity contribution in [2.45, 2.75) is 65.2 Å². The summed E-state index contributed by atoms with van der Waals surface area (Å²) in [5.41, 5.74) is 1.24. The molecule has 0 amide bonds. The van der Waals surface area contributed by atoms with Crippen LogP contribution in [0.15, 0.2) is 42.4 Å². The third-order valence-electron chi connectivity index (χ3n) is 5.30. The molecule has 27 heavy (non-hydrogen) atoms. The Morgan fingerprint density at radius 1 is 1.26 bits per heavy atom. The number of hydrogen-bond acceptors (Lipinski definition) is 4. The molecule has 0 spiro atoms. The van der Waals surface area contributed by atoms with Crippen molar-refractivity contribution in [2.75, 3.05) is 0 Å². The summed E-state index contributed by atoms with van der Waals surface area (Å²) < 4.78 is 28.0. The van der Waals surface area contributed by atoms with Gasteiger partial charge in [-0.15, -0.1) is 0 Å². The Labute approximate surface area is 160 Å². The zero-order chi connectivity index (χ0) is 19.8. The molecule has 3 rings (SSSR count). The molecular formula is C20H27BFN3O2. The molecule has 2 aromatic heterocycles. The predicted molar refractivity (Wildman–Crippen MR) is 105 cm³/mol. The van der Waals surface area contributed by atoms with Crippen molar-refractivity contribution in [1.82, 2.24) is 14.8 Å². The van der Waals surface area contributed by atoms with E-state index in [9.17, 15) is 4.39 Å². The Bertz CT molecular complexity index is 815. The molecule has 2 aromatic rings. The van der Waals surface area contributed by atoms with Gasteiger partial charge in [0.25, 0.3) is 0 Å². The Morgan fingerprint density at radius 2 is 1.93 bits per heavy atom. The van der Waals surface area contributed by atoms with Crippen molar-refractivity contribution >= 4 is 7.12 Å². The molecule has 1 aliphatic rings. The van der Waals surface area contributed by atoms with Crippen LogP contribution >= 0.6 is 0 Å². The van der Waals surface area contributed by atoms with Crippen molar-refractivity contribution in [3.63, 3.8) is 0 Å². The highest BCUT2D eigenvalue weighted by Gasteiger charge is 2.52. The lowest BCUT2D eigenvalue weighted by molar-refractivity contribution is 0.00578. The minimum Gasteiger partial charge on any atom is -0.398 e. The van der Waals surface area contributed by atoms with Crippen LogP contribution in [0.1, 0.15) is 53.2 Å². The van der Waals surface area contributed by atoms with Gasteiger partial charge in [-0.3, -0.25) is 9.67 Å². The van der Waals surface area contributed by atoms with E-state index in [-0.39, 0.29) is 5.92 Å². The fourth-order valence-electron chi connectivity index (χ4n) is 2.92. The summed E-state index contributed by atoms with van der Waals surface area (Å²) in [6, 6.07) is 5.87. The van der Waals surface area contributed by atoms with Crippen molar-refractivity contribution in [2.24, 2.45) is 0 Å². The molecule has 1 fully saturated rings. The molecule has 0 unspecified atom stereocenters. The average Bonchev–Trinajstić information content (AvgIpc) is 3.12. The van der Waals surface area contributed by atoms with Crippen LogP contribution in [-0.4, -0.2) is 33.1 Å². The van der Waals surface area contributed by atoms with Gasteiger partial charge in [-0.2, -0.15) is 5.10 Å². The first kappa shape index (κ1) is 19.8. The number of pyridine rings is 1. The summed E-state index contributed by atoms with van der Waals surface area (Å²) in [5.74, 6) is 0.260. The van der Waals surface area contributed by atoms with E-state index in [4.69, 9.17) is 9.31 Å². The molecule has 0 radical (unpaired) electrons. The quantitative estimate of drug-likeness (QED) is 0.724. The predicted octanol–water partition coefficient (Wildman–Crippen LogP) is 4.55. The van der Waals surface area contributed by atoms with Gasteiger partial charge in [0.05, 0.1) is 23.4 Å². The van der Waals surface area contributed by atoms with Crippen molar-refractivity contribution in [3.8, 4) is 11.3 Å². The van der Waals surface area contributed by atoms with E-state index in [0.717, 1.165) is 17.0 Å². The van der Waals surface area contributed by atoms with Gasteiger partial charge in [0.1, 0.15) is 5.73 Å². The summed E-state index contributed by atoms with van der Waals surface area (Å²) in [6.07, 6.45) is 4.98. The lowest BCUT2D eigenvalue weighted by Gasteiger charge is -2.32. The monoisotopic (exact) mass is 371 g/mol. The van der Waals surface area contributed by atoms with Crippen LogP contribution < -0.4 is 0 Å². The highest BCUT2D eigenvalue weighted by Crippen LogP contribution is 2.38. The number of aromatic nitrogens is 3. The highest BCUT2D eigenvalue weighted by molar-refractivity contribution is 6.53. The van der Waals surface area contributed by atoms with Crippen molar-refractivity contribution in [1.29, 1.82) is 0 Å². The fourth-order valence-corrected chi connectivity index (χ4v) is 2.92. The van der Waals surface area contributed by atoms with Gasteiger partial charge in [0.2, 0.25) is 0 Å². The molecule has 0 aliphatic carbocycles. The van der Waals surface area contributed by atoms with E-state index in [2.05, 4.69) is 23.9 Å². The maximum Gasteiger partial charge on any atom is 0.524 e. The molecule has 1 aliphatic heterocycles. The van der Waals surface area contributed by atoms with Crippen molar-refractivity contribution in [3.05, 3.63) is 48.1 Å². The van der Waals surface area contributed by atoms with E-state index in [0.29, 0.717) is 6.54 Å². The Kier molecular flexibility index (Phi) is 5.28. The van der Waals surface area contributed by atoms with Gasteiger partial charge >= 0.3 is 7.12 Å². The molecule has 0 aromatic carbocycles. The third kappa shape index (κ3) is 3.99. The number of rotatable bonds is 5. The first-order valence-electron chi connectivity index (χ1n) is 9.30. The second-order valence-electron chi connectivity index (χ2n) is 8.21. The first-order chi connectivity index (χ1) is 12.6. The van der Waals surface area contributed by atoms with Crippen LogP contribution in [0.2, 0.25) is 0 Å². The minimum atomic E-state index is -0.981. The standard InChI is InChI=1S/C20H27BFN3O2/c1-14(2)17-12-16(15-8-7-10-23-13-15)24-25(17)11-9-18(22)21-26-19(3,4)20(5,6)27-21/h7-10,12-14H,11H2,1-6H3. The third-order valence-corrected chi connectivity index (χ3v) is 5.30. The highest BCUT2D eigenvalue weighted by atomic mass is 19.1. The van der Waals surface area contributed by atoms with Gasteiger partial charge in [-0.05, 0) is 57.9 Å².